The van der Waals surface area contributed by atoms with Gasteiger partial charge in [0.2, 0.25) is 0 Å². The van der Waals surface area contributed by atoms with Crippen LogP contribution in [0.25, 0.3) is 0 Å². The summed E-state index contributed by atoms with van der Waals surface area (Å²) < 4.78 is 0. The Hall–Kier alpha value is -0.0800. The number of rotatable bonds is 11. The summed E-state index contributed by atoms with van der Waals surface area (Å²) in [6.45, 7) is 19.8. The normalized spacial score (nSPS) is 15.3. The molecule has 0 heterocycles. The van der Waals surface area contributed by atoms with Crippen LogP contribution in [0.3, 0.4) is 0 Å². The molecule has 0 aromatic rings. The van der Waals surface area contributed by atoms with E-state index in [1.54, 1.807) is 0 Å². The second kappa shape index (κ2) is 9.80. The molecule has 0 aromatic carbocycles. The lowest BCUT2D eigenvalue weighted by atomic mass is 9.84. The summed E-state index contributed by atoms with van der Waals surface area (Å²) in [7, 11) is 0. The lowest BCUT2D eigenvalue weighted by molar-refractivity contribution is 0.153. The Morgan fingerprint density at radius 1 is 1.11 bits per heavy atom. The first kappa shape index (κ1) is 17.9. The van der Waals surface area contributed by atoms with Gasteiger partial charge in [-0.1, -0.05) is 48.0 Å². The molecule has 110 valence electrons. The molecule has 0 spiro atoms. The Kier molecular flexibility index (Phi) is 9.76. The van der Waals surface area contributed by atoms with Crippen LogP contribution < -0.4 is 5.32 Å². The molecular formula is C16H36N2. The molecule has 1 unspecified atom stereocenters. The van der Waals surface area contributed by atoms with Gasteiger partial charge in [0.1, 0.15) is 0 Å². The van der Waals surface area contributed by atoms with Crippen LogP contribution in [0.15, 0.2) is 0 Å². The monoisotopic (exact) mass is 256 g/mol. The molecule has 0 aliphatic rings. The molecule has 1 N–H and O–H groups in total. The van der Waals surface area contributed by atoms with Crippen LogP contribution in [0, 0.1) is 11.3 Å². The lowest BCUT2D eigenvalue weighted by Gasteiger charge is -2.35. The second-order valence-corrected chi connectivity index (χ2v) is 6.45. The van der Waals surface area contributed by atoms with E-state index < -0.39 is 0 Å². The Balaban J connectivity index is 4.29. The van der Waals surface area contributed by atoms with Crippen LogP contribution in [0.2, 0.25) is 0 Å². The lowest BCUT2D eigenvalue weighted by Crippen LogP contribution is -2.43. The smallest absolute Gasteiger partial charge is 0.00474 e. The van der Waals surface area contributed by atoms with E-state index in [4.69, 9.17) is 0 Å². The van der Waals surface area contributed by atoms with Crippen LogP contribution >= 0.6 is 0 Å². The fourth-order valence-electron chi connectivity index (χ4n) is 2.69. The Morgan fingerprint density at radius 3 is 2.22 bits per heavy atom. The Morgan fingerprint density at radius 2 is 1.78 bits per heavy atom. The van der Waals surface area contributed by atoms with Gasteiger partial charge in [0.25, 0.3) is 0 Å². The van der Waals surface area contributed by atoms with Gasteiger partial charge in [0.15, 0.2) is 0 Å². The van der Waals surface area contributed by atoms with Gasteiger partial charge in [-0.05, 0) is 43.8 Å². The first-order chi connectivity index (χ1) is 8.47. The van der Waals surface area contributed by atoms with Crippen molar-refractivity contribution in [3.05, 3.63) is 0 Å². The number of hydrogen-bond donors (Lipinski definition) is 1. The van der Waals surface area contributed by atoms with E-state index in [-0.39, 0.29) is 0 Å². The summed E-state index contributed by atoms with van der Waals surface area (Å²) in [5, 5.41) is 3.66. The van der Waals surface area contributed by atoms with E-state index in [1.807, 2.05) is 0 Å². The largest absolute Gasteiger partial charge is 0.316 e. The van der Waals surface area contributed by atoms with Gasteiger partial charge in [-0.15, -0.1) is 0 Å². The van der Waals surface area contributed by atoms with Crippen LogP contribution in [-0.4, -0.2) is 37.6 Å². The number of hydrogen-bond acceptors (Lipinski definition) is 2. The molecule has 0 aromatic heterocycles. The standard InChI is InChI=1S/C16H36N2/c1-7-10-16(6,13-17-12-15(4)5)14-18(9-3)11-8-2/h15,17H,7-14H2,1-6H3. The molecule has 18 heavy (non-hydrogen) atoms. The van der Waals surface area contributed by atoms with E-state index in [1.165, 1.54) is 38.9 Å². The van der Waals surface area contributed by atoms with Gasteiger partial charge in [0.05, 0.1) is 0 Å². The van der Waals surface area contributed by atoms with Gasteiger partial charge in [0, 0.05) is 13.1 Å². The molecule has 2 nitrogen and oxygen atoms in total. The molecule has 0 bridgehead atoms. The van der Waals surface area contributed by atoms with Crippen molar-refractivity contribution in [3.8, 4) is 0 Å². The minimum absolute atomic E-state index is 0.425. The maximum atomic E-state index is 3.66. The average molecular weight is 256 g/mol. The topological polar surface area (TPSA) is 15.3 Å². The van der Waals surface area contributed by atoms with Crippen molar-refractivity contribution in [1.29, 1.82) is 0 Å². The fourth-order valence-corrected chi connectivity index (χ4v) is 2.69. The van der Waals surface area contributed by atoms with Gasteiger partial charge < -0.3 is 10.2 Å². The highest BCUT2D eigenvalue weighted by atomic mass is 15.1. The van der Waals surface area contributed by atoms with Gasteiger partial charge in [-0.3, -0.25) is 0 Å². The summed E-state index contributed by atoms with van der Waals surface area (Å²) in [6, 6.07) is 0. The SMILES string of the molecule is CCCN(CC)CC(C)(CCC)CNCC(C)C. The first-order valence-corrected chi connectivity index (χ1v) is 7.90. The number of nitrogens with one attached hydrogen (secondary N) is 1. The average Bonchev–Trinajstić information content (AvgIpc) is 2.28. The molecule has 0 fully saturated rings. The molecule has 0 aliphatic carbocycles. The zero-order chi connectivity index (χ0) is 14.0. The third-order valence-corrected chi connectivity index (χ3v) is 3.55. The highest BCUT2D eigenvalue weighted by molar-refractivity contribution is 4.80. The third-order valence-electron chi connectivity index (χ3n) is 3.55. The minimum atomic E-state index is 0.425. The zero-order valence-electron chi connectivity index (χ0n) is 13.7. The van der Waals surface area contributed by atoms with Crippen molar-refractivity contribution in [1.82, 2.24) is 10.2 Å². The molecule has 1 atom stereocenters. The van der Waals surface area contributed by atoms with Crippen LogP contribution in [-0.2, 0) is 0 Å². The minimum Gasteiger partial charge on any atom is -0.316 e. The van der Waals surface area contributed by atoms with Crippen LogP contribution in [0.4, 0.5) is 0 Å². The molecule has 0 saturated heterocycles. The summed E-state index contributed by atoms with van der Waals surface area (Å²) in [6.07, 6.45) is 3.86. The molecule has 0 radical (unpaired) electrons. The number of nitrogens with zero attached hydrogens (tertiary/aromatic N) is 1. The molecule has 0 saturated carbocycles. The van der Waals surface area contributed by atoms with E-state index in [0.717, 1.165) is 19.0 Å². The molecular weight excluding hydrogens is 220 g/mol. The van der Waals surface area contributed by atoms with Crippen molar-refractivity contribution < 1.29 is 0 Å². The van der Waals surface area contributed by atoms with Crippen molar-refractivity contribution in [2.75, 3.05) is 32.7 Å². The van der Waals surface area contributed by atoms with Crippen molar-refractivity contribution in [2.24, 2.45) is 11.3 Å². The predicted molar refractivity (Wildman–Crippen MR) is 83.1 cm³/mol. The van der Waals surface area contributed by atoms with E-state index in [0.29, 0.717) is 5.41 Å². The molecule has 2 heteroatoms. The van der Waals surface area contributed by atoms with E-state index in [9.17, 15) is 0 Å². The highest BCUT2D eigenvalue weighted by Crippen LogP contribution is 2.24. The first-order valence-electron chi connectivity index (χ1n) is 7.90. The molecule has 0 aliphatic heterocycles. The quantitative estimate of drug-likeness (QED) is 0.605. The molecule has 0 rings (SSSR count). The van der Waals surface area contributed by atoms with Gasteiger partial charge in [-0.25, -0.2) is 0 Å². The molecule has 0 amide bonds. The van der Waals surface area contributed by atoms with Crippen molar-refractivity contribution in [3.63, 3.8) is 0 Å². The highest BCUT2D eigenvalue weighted by Gasteiger charge is 2.25. The Labute approximate surface area is 116 Å². The summed E-state index contributed by atoms with van der Waals surface area (Å²) in [4.78, 5) is 2.60. The van der Waals surface area contributed by atoms with Gasteiger partial charge >= 0.3 is 0 Å². The predicted octanol–water partition coefficient (Wildman–Crippen LogP) is 3.77. The fraction of sp³-hybridized carbons (Fsp3) is 1.00. The van der Waals surface area contributed by atoms with E-state index >= 15 is 0 Å². The zero-order valence-corrected chi connectivity index (χ0v) is 13.7. The van der Waals surface area contributed by atoms with Crippen molar-refractivity contribution in [2.45, 2.75) is 60.8 Å². The maximum Gasteiger partial charge on any atom is 0.00474 e. The summed E-state index contributed by atoms with van der Waals surface area (Å²) in [5.74, 6) is 0.744. The summed E-state index contributed by atoms with van der Waals surface area (Å²) in [5.41, 5.74) is 0.425. The van der Waals surface area contributed by atoms with Crippen LogP contribution in [0.5, 0.6) is 0 Å². The van der Waals surface area contributed by atoms with E-state index in [2.05, 4.69) is 51.8 Å². The van der Waals surface area contributed by atoms with Crippen molar-refractivity contribution >= 4 is 0 Å². The summed E-state index contributed by atoms with van der Waals surface area (Å²) >= 11 is 0. The third kappa shape index (κ3) is 8.10. The van der Waals surface area contributed by atoms with Crippen LogP contribution in [0.1, 0.15) is 60.8 Å². The maximum absolute atomic E-state index is 3.66. The Bertz CT molecular complexity index is 192. The van der Waals surface area contributed by atoms with Gasteiger partial charge in [-0.2, -0.15) is 0 Å². The second-order valence-electron chi connectivity index (χ2n) is 6.45.